The van der Waals surface area contributed by atoms with Gasteiger partial charge in [-0.25, -0.2) is 0 Å². The van der Waals surface area contributed by atoms with Gasteiger partial charge in [-0.05, 0) is 18.8 Å². The minimum absolute atomic E-state index is 0.0264. The number of nitrogens with zero attached hydrogens (tertiary/aromatic N) is 1. The summed E-state index contributed by atoms with van der Waals surface area (Å²) in [6.07, 6.45) is 4.88. The van der Waals surface area contributed by atoms with Crippen molar-refractivity contribution in [1.82, 2.24) is 10.2 Å². The van der Waals surface area contributed by atoms with Crippen LogP contribution in [0.25, 0.3) is 0 Å². The maximum Gasteiger partial charge on any atom is 0.308 e. The molecule has 1 aliphatic carbocycles. The molecule has 1 unspecified atom stereocenters. The number of piperazine rings is 1. The maximum absolute atomic E-state index is 12.5. The summed E-state index contributed by atoms with van der Waals surface area (Å²) in [6, 6.07) is -0.757. The zero-order chi connectivity index (χ0) is 16.7. The molecule has 2 fully saturated rings. The number of hydrogen-bond donors (Lipinski definition) is 1. The van der Waals surface area contributed by atoms with E-state index in [4.69, 9.17) is 9.47 Å². The summed E-state index contributed by atoms with van der Waals surface area (Å²) in [5.74, 6) is -0.370. The molecular weight excluding hydrogens is 300 g/mol. The monoisotopic (exact) mass is 326 g/mol. The van der Waals surface area contributed by atoms with Crippen LogP contribution in [0, 0.1) is 5.92 Å². The standard InChI is InChI=1S/C16H26N2O5/c1-22-8-9-23-15(20)11-13-16(21)17-6-7-18(13)14(19)10-12-4-2-3-5-12/h12-13H,2-11H2,1H3,(H,17,21). The molecule has 0 aromatic carbocycles. The third-order valence-corrected chi connectivity index (χ3v) is 4.50. The number of carbonyl (C=O) groups is 3. The number of ether oxygens (including phenoxy) is 2. The Kier molecular flexibility index (Phi) is 6.83. The van der Waals surface area contributed by atoms with E-state index in [-0.39, 0.29) is 24.8 Å². The molecular formula is C16H26N2O5. The molecule has 7 heteroatoms. The molecule has 2 amide bonds. The highest BCUT2D eigenvalue weighted by atomic mass is 16.6. The molecule has 1 N–H and O–H groups in total. The minimum atomic E-state index is -0.757. The Balaban J connectivity index is 1.90. The molecule has 1 heterocycles. The number of amides is 2. The van der Waals surface area contributed by atoms with E-state index in [0.717, 1.165) is 12.8 Å². The van der Waals surface area contributed by atoms with Crippen LogP contribution in [0.4, 0.5) is 0 Å². The number of esters is 1. The number of hydrogen-bond acceptors (Lipinski definition) is 5. The fraction of sp³-hybridized carbons (Fsp3) is 0.812. The number of carbonyl (C=O) groups excluding carboxylic acids is 3. The van der Waals surface area contributed by atoms with Gasteiger partial charge in [0.05, 0.1) is 13.0 Å². The summed E-state index contributed by atoms with van der Waals surface area (Å²) in [5, 5.41) is 2.72. The maximum atomic E-state index is 12.5. The van der Waals surface area contributed by atoms with Gasteiger partial charge in [0.1, 0.15) is 12.6 Å². The lowest BCUT2D eigenvalue weighted by Gasteiger charge is -2.35. The Morgan fingerprint density at radius 2 is 1.96 bits per heavy atom. The van der Waals surface area contributed by atoms with Crippen molar-refractivity contribution in [1.29, 1.82) is 0 Å². The van der Waals surface area contributed by atoms with Crippen molar-refractivity contribution in [3.05, 3.63) is 0 Å². The van der Waals surface area contributed by atoms with Crippen LogP contribution in [0.3, 0.4) is 0 Å². The van der Waals surface area contributed by atoms with Crippen LogP contribution in [0.15, 0.2) is 0 Å². The molecule has 2 aliphatic rings. The molecule has 0 aromatic rings. The highest BCUT2D eigenvalue weighted by Gasteiger charge is 2.35. The third-order valence-electron chi connectivity index (χ3n) is 4.50. The highest BCUT2D eigenvalue weighted by Crippen LogP contribution is 2.28. The van der Waals surface area contributed by atoms with Crippen molar-refractivity contribution in [2.24, 2.45) is 5.92 Å². The summed E-state index contributed by atoms with van der Waals surface area (Å²) in [6.45, 7) is 1.35. The zero-order valence-electron chi connectivity index (χ0n) is 13.7. The minimum Gasteiger partial charge on any atom is -0.463 e. The van der Waals surface area contributed by atoms with Crippen LogP contribution in [0.2, 0.25) is 0 Å². The first kappa shape index (κ1) is 17.7. The van der Waals surface area contributed by atoms with Crippen LogP contribution in [0.5, 0.6) is 0 Å². The van der Waals surface area contributed by atoms with Gasteiger partial charge in [0.25, 0.3) is 0 Å². The predicted molar refractivity (Wildman–Crippen MR) is 82.5 cm³/mol. The first-order chi connectivity index (χ1) is 11.1. The lowest BCUT2D eigenvalue weighted by Crippen LogP contribution is -2.58. The molecule has 130 valence electrons. The molecule has 1 saturated heterocycles. The van der Waals surface area contributed by atoms with Gasteiger partial charge >= 0.3 is 5.97 Å². The molecule has 0 spiro atoms. The van der Waals surface area contributed by atoms with E-state index in [1.54, 1.807) is 4.90 Å². The summed E-state index contributed by atoms with van der Waals surface area (Å²) in [4.78, 5) is 38.0. The average molecular weight is 326 g/mol. The van der Waals surface area contributed by atoms with E-state index in [1.807, 2.05) is 0 Å². The first-order valence-corrected chi connectivity index (χ1v) is 8.33. The van der Waals surface area contributed by atoms with Crippen molar-refractivity contribution < 1.29 is 23.9 Å². The van der Waals surface area contributed by atoms with E-state index in [9.17, 15) is 14.4 Å². The van der Waals surface area contributed by atoms with Crippen LogP contribution in [-0.4, -0.2) is 62.1 Å². The molecule has 1 saturated carbocycles. The molecule has 1 aliphatic heterocycles. The Morgan fingerprint density at radius 3 is 2.65 bits per heavy atom. The van der Waals surface area contributed by atoms with E-state index >= 15 is 0 Å². The average Bonchev–Trinajstić information content (AvgIpc) is 3.02. The van der Waals surface area contributed by atoms with E-state index < -0.39 is 12.0 Å². The Bertz CT molecular complexity index is 434. The van der Waals surface area contributed by atoms with Gasteiger partial charge < -0.3 is 19.7 Å². The van der Waals surface area contributed by atoms with Gasteiger partial charge in [-0.1, -0.05) is 12.8 Å². The van der Waals surface area contributed by atoms with Crippen LogP contribution in [-0.2, 0) is 23.9 Å². The lowest BCUT2D eigenvalue weighted by molar-refractivity contribution is -0.152. The number of methoxy groups -OCH3 is 1. The second-order valence-electron chi connectivity index (χ2n) is 6.17. The largest absolute Gasteiger partial charge is 0.463 e. The number of nitrogens with one attached hydrogen (secondary N) is 1. The van der Waals surface area contributed by atoms with Gasteiger partial charge in [-0.3, -0.25) is 14.4 Å². The summed E-state index contributed by atoms with van der Waals surface area (Å²) in [7, 11) is 1.52. The van der Waals surface area contributed by atoms with Gasteiger partial charge in [-0.15, -0.1) is 0 Å². The first-order valence-electron chi connectivity index (χ1n) is 8.33. The van der Waals surface area contributed by atoms with Gasteiger partial charge in [0.15, 0.2) is 0 Å². The Morgan fingerprint density at radius 1 is 1.22 bits per heavy atom. The summed E-state index contributed by atoms with van der Waals surface area (Å²) < 4.78 is 9.83. The summed E-state index contributed by atoms with van der Waals surface area (Å²) >= 11 is 0. The van der Waals surface area contributed by atoms with Crippen molar-refractivity contribution in [2.45, 2.75) is 44.6 Å². The highest BCUT2D eigenvalue weighted by molar-refractivity contribution is 5.92. The second kappa shape index (κ2) is 8.86. The fourth-order valence-electron chi connectivity index (χ4n) is 3.25. The van der Waals surface area contributed by atoms with Crippen molar-refractivity contribution >= 4 is 17.8 Å². The van der Waals surface area contributed by atoms with Gasteiger partial charge in [0.2, 0.25) is 11.8 Å². The van der Waals surface area contributed by atoms with E-state index in [2.05, 4.69) is 5.32 Å². The van der Waals surface area contributed by atoms with Crippen molar-refractivity contribution in [3.63, 3.8) is 0 Å². The molecule has 2 rings (SSSR count). The Labute approximate surface area is 136 Å². The summed E-state index contributed by atoms with van der Waals surface area (Å²) in [5.41, 5.74) is 0. The fourth-order valence-corrected chi connectivity index (χ4v) is 3.25. The quantitative estimate of drug-likeness (QED) is 0.543. The number of rotatable bonds is 7. The van der Waals surface area contributed by atoms with Crippen LogP contribution < -0.4 is 5.32 Å². The van der Waals surface area contributed by atoms with Crippen LogP contribution >= 0.6 is 0 Å². The smallest absolute Gasteiger partial charge is 0.308 e. The molecule has 0 aromatic heterocycles. The van der Waals surface area contributed by atoms with Gasteiger partial charge in [0, 0.05) is 26.6 Å². The third kappa shape index (κ3) is 5.20. The molecule has 23 heavy (non-hydrogen) atoms. The van der Waals surface area contributed by atoms with E-state index in [0.29, 0.717) is 32.0 Å². The predicted octanol–water partition coefficient (Wildman–Crippen LogP) is 0.473. The van der Waals surface area contributed by atoms with Crippen molar-refractivity contribution in [3.8, 4) is 0 Å². The Hall–Kier alpha value is -1.63. The van der Waals surface area contributed by atoms with Crippen molar-refractivity contribution in [2.75, 3.05) is 33.4 Å². The molecule has 0 radical (unpaired) electrons. The van der Waals surface area contributed by atoms with Crippen LogP contribution in [0.1, 0.15) is 38.5 Å². The molecule has 7 nitrogen and oxygen atoms in total. The normalized spacial score (nSPS) is 22.0. The zero-order valence-corrected chi connectivity index (χ0v) is 13.7. The lowest BCUT2D eigenvalue weighted by atomic mass is 10.0. The molecule has 1 atom stereocenters. The van der Waals surface area contributed by atoms with Gasteiger partial charge in [-0.2, -0.15) is 0 Å². The van der Waals surface area contributed by atoms with E-state index in [1.165, 1.54) is 20.0 Å². The molecule has 0 bridgehead atoms. The topological polar surface area (TPSA) is 84.9 Å². The SMILES string of the molecule is COCCOC(=O)CC1C(=O)NCCN1C(=O)CC1CCCC1. The second-order valence-corrected chi connectivity index (χ2v) is 6.17.